The largest absolute Gasteiger partial charge is 0.497 e. The first-order valence-corrected chi connectivity index (χ1v) is 8.74. The van der Waals surface area contributed by atoms with E-state index in [9.17, 15) is 0 Å². The zero-order valence-corrected chi connectivity index (χ0v) is 17.9. The molecule has 144 valence electrons. The Labute approximate surface area is 176 Å². The maximum Gasteiger partial charge on any atom is 0.191 e. The molecular weight excluding hydrogens is 455 g/mol. The van der Waals surface area contributed by atoms with Crippen molar-refractivity contribution in [3.05, 3.63) is 60.0 Å². The maximum absolute atomic E-state index is 5.26. The number of nitrogens with zero attached hydrogens (tertiary/aromatic N) is 4. The number of fused-ring (bicyclic) bond motifs is 1. The van der Waals surface area contributed by atoms with Crippen LogP contribution >= 0.6 is 24.0 Å². The summed E-state index contributed by atoms with van der Waals surface area (Å²) in [6, 6.07) is 13.9. The summed E-state index contributed by atoms with van der Waals surface area (Å²) in [5.41, 5.74) is 2.05. The normalized spacial score (nSPS) is 11.1. The van der Waals surface area contributed by atoms with Gasteiger partial charge in [-0.25, -0.2) is 4.99 Å². The Balaban J connectivity index is 0.00000261. The molecule has 2 aromatic heterocycles. The van der Waals surface area contributed by atoms with Gasteiger partial charge in [-0.1, -0.05) is 18.2 Å². The number of benzene rings is 1. The molecule has 3 aromatic rings. The van der Waals surface area contributed by atoms with E-state index in [4.69, 9.17) is 4.74 Å². The second-order valence-corrected chi connectivity index (χ2v) is 5.77. The zero-order chi connectivity index (χ0) is 18.2. The third-order valence-corrected chi connectivity index (χ3v) is 3.95. The number of halogens is 1. The molecule has 0 unspecified atom stereocenters. The summed E-state index contributed by atoms with van der Waals surface area (Å²) in [6.07, 6.45) is 2.83. The van der Waals surface area contributed by atoms with Gasteiger partial charge in [0, 0.05) is 19.3 Å². The molecule has 0 bridgehead atoms. The second-order valence-electron chi connectivity index (χ2n) is 5.77. The third-order valence-electron chi connectivity index (χ3n) is 3.95. The van der Waals surface area contributed by atoms with Gasteiger partial charge in [-0.3, -0.25) is 4.40 Å². The number of rotatable bonds is 7. The lowest BCUT2D eigenvalue weighted by Crippen LogP contribution is -2.38. The van der Waals surface area contributed by atoms with Crippen molar-refractivity contribution in [2.75, 3.05) is 20.2 Å². The molecule has 2 heterocycles. The summed E-state index contributed by atoms with van der Waals surface area (Å²) in [7, 11) is 1.68. The first kappa shape index (κ1) is 20.9. The maximum atomic E-state index is 5.26. The quantitative estimate of drug-likeness (QED) is 0.309. The predicted molar refractivity (Wildman–Crippen MR) is 118 cm³/mol. The van der Waals surface area contributed by atoms with Crippen molar-refractivity contribution in [1.29, 1.82) is 0 Å². The number of methoxy groups -OCH3 is 1. The van der Waals surface area contributed by atoms with Gasteiger partial charge in [0.15, 0.2) is 17.4 Å². The fourth-order valence-electron chi connectivity index (χ4n) is 2.64. The first-order chi connectivity index (χ1) is 12.8. The Morgan fingerprint density at radius 3 is 2.85 bits per heavy atom. The van der Waals surface area contributed by atoms with Crippen LogP contribution in [0.1, 0.15) is 18.3 Å². The number of hydrogen-bond acceptors (Lipinski definition) is 4. The minimum absolute atomic E-state index is 0. The van der Waals surface area contributed by atoms with E-state index in [-0.39, 0.29) is 24.0 Å². The van der Waals surface area contributed by atoms with Crippen LogP contribution in [-0.4, -0.2) is 40.8 Å². The van der Waals surface area contributed by atoms with Gasteiger partial charge in [0.05, 0.1) is 7.11 Å². The highest BCUT2D eigenvalue weighted by atomic mass is 127. The molecule has 0 radical (unpaired) electrons. The monoisotopic (exact) mass is 480 g/mol. The lowest BCUT2D eigenvalue weighted by atomic mass is 10.1. The standard InChI is InChI=1S/C19H24N6O.HI/c1-3-20-19(21-11-10-15-7-6-8-16(13-15)26-2)22-14-18-24-23-17-9-4-5-12-25(17)18;/h4-9,12-13H,3,10-11,14H2,1-2H3,(H2,20,21,22);1H. The minimum Gasteiger partial charge on any atom is -0.497 e. The molecule has 0 aliphatic carbocycles. The molecule has 3 rings (SSSR count). The average molecular weight is 480 g/mol. The number of ether oxygens (including phenoxy) is 1. The fraction of sp³-hybridized carbons (Fsp3) is 0.316. The number of aromatic nitrogens is 3. The third kappa shape index (κ3) is 5.81. The van der Waals surface area contributed by atoms with Crippen molar-refractivity contribution in [2.24, 2.45) is 4.99 Å². The van der Waals surface area contributed by atoms with E-state index < -0.39 is 0 Å². The van der Waals surface area contributed by atoms with Crippen LogP contribution in [0, 0.1) is 0 Å². The predicted octanol–water partition coefficient (Wildman–Crippen LogP) is 2.65. The number of pyridine rings is 1. The van der Waals surface area contributed by atoms with Crippen molar-refractivity contribution in [2.45, 2.75) is 19.9 Å². The van der Waals surface area contributed by atoms with Crippen LogP contribution in [0.4, 0.5) is 0 Å². The van der Waals surface area contributed by atoms with E-state index in [1.54, 1.807) is 7.11 Å². The lowest BCUT2D eigenvalue weighted by molar-refractivity contribution is 0.414. The van der Waals surface area contributed by atoms with E-state index >= 15 is 0 Å². The van der Waals surface area contributed by atoms with Crippen molar-refractivity contribution in [3.8, 4) is 5.75 Å². The summed E-state index contributed by atoms with van der Waals surface area (Å²) in [5, 5.41) is 15.0. The Morgan fingerprint density at radius 1 is 1.15 bits per heavy atom. The van der Waals surface area contributed by atoms with Gasteiger partial charge in [-0.15, -0.1) is 34.2 Å². The van der Waals surface area contributed by atoms with Crippen LogP contribution < -0.4 is 15.4 Å². The number of nitrogens with one attached hydrogen (secondary N) is 2. The summed E-state index contributed by atoms with van der Waals surface area (Å²) in [6.45, 7) is 4.08. The number of hydrogen-bond donors (Lipinski definition) is 2. The van der Waals surface area contributed by atoms with Gasteiger partial charge in [0.2, 0.25) is 0 Å². The number of guanidine groups is 1. The van der Waals surface area contributed by atoms with Crippen molar-refractivity contribution in [1.82, 2.24) is 25.2 Å². The van der Waals surface area contributed by atoms with Gasteiger partial charge in [-0.2, -0.15) is 0 Å². The molecule has 0 amide bonds. The molecule has 0 saturated carbocycles. The molecule has 0 saturated heterocycles. The summed E-state index contributed by atoms with van der Waals surface area (Å²) < 4.78 is 7.21. The zero-order valence-electron chi connectivity index (χ0n) is 15.6. The number of aliphatic imine (C=N–C) groups is 1. The van der Waals surface area contributed by atoms with E-state index in [1.807, 2.05) is 53.9 Å². The summed E-state index contributed by atoms with van der Waals surface area (Å²) in [4.78, 5) is 4.62. The molecule has 0 aliphatic rings. The van der Waals surface area contributed by atoms with E-state index in [2.05, 4.69) is 31.9 Å². The summed E-state index contributed by atoms with van der Waals surface area (Å²) in [5.74, 6) is 2.45. The van der Waals surface area contributed by atoms with E-state index in [0.29, 0.717) is 6.54 Å². The van der Waals surface area contributed by atoms with Gasteiger partial charge in [0.25, 0.3) is 0 Å². The molecule has 0 spiro atoms. The van der Waals surface area contributed by atoms with Crippen molar-refractivity contribution < 1.29 is 4.74 Å². The Hall–Kier alpha value is -2.36. The highest BCUT2D eigenvalue weighted by molar-refractivity contribution is 14.0. The van der Waals surface area contributed by atoms with Crippen LogP contribution in [0.15, 0.2) is 53.7 Å². The first-order valence-electron chi connectivity index (χ1n) is 8.74. The Bertz CT molecular complexity index is 879. The molecule has 0 aliphatic heterocycles. The molecule has 27 heavy (non-hydrogen) atoms. The van der Waals surface area contributed by atoms with Gasteiger partial charge >= 0.3 is 0 Å². The minimum atomic E-state index is 0. The molecule has 8 heteroatoms. The van der Waals surface area contributed by atoms with Crippen LogP contribution in [0.3, 0.4) is 0 Å². The van der Waals surface area contributed by atoms with E-state index in [1.165, 1.54) is 5.56 Å². The van der Waals surface area contributed by atoms with E-state index in [0.717, 1.165) is 42.7 Å². The lowest BCUT2D eigenvalue weighted by Gasteiger charge is -2.11. The SMILES string of the molecule is CCNC(=NCc1nnc2ccccn12)NCCc1cccc(OC)c1.I. The highest BCUT2D eigenvalue weighted by Gasteiger charge is 2.05. The van der Waals surface area contributed by atoms with Crippen LogP contribution in [0.25, 0.3) is 5.65 Å². The molecule has 0 fully saturated rings. The Kier molecular flexibility index (Phi) is 8.31. The average Bonchev–Trinajstić information content (AvgIpc) is 3.09. The summed E-state index contributed by atoms with van der Waals surface area (Å²) >= 11 is 0. The smallest absolute Gasteiger partial charge is 0.191 e. The fourth-order valence-corrected chi connectivity index (χ4v) is 2.64. The molecule has 0 atom stereocenters. The molecule has 1 aromatic carbocycles. The second kappa shape index (κ2) is 10.7. The van der Waals surface area contributed by atoms with Crippen molar-refractivity contribution >= 4 is 35.6 Å². The van der Waals surface area contributed by atoms with Gasteiger partial charge < -0.3 is 15.4 Å². The van der Waals surface area contributed by atoms with Crippen LogP contribution in [0.2, 0.25) is 0 Å². The topological polar surface area (TPSA) is 75.8 Å². The Morgan fingerprint density at radius 2 is 2.04 bits per heavy atom. The highest BCUT2D eigenvalue weighted by Crippen LogP contribution is 2.12. The molecule has 2 N–H and O–H groups in total. The van der Waals surface area contributed by atoms with Crippen LogP contribution in [-0.2, 0) is 13.0 Å². The van der Waals surface area contributed by atoms with Gasteiger partial charge in [0.1, 0.15) is 12.3 Å². The van der Waals surface area contributed by atoms with Gasteiger partial charge in [-0.05, 0) is 43.2 Å². The molecular formula is C19H25IN6O. The van der Waals surface area contributed by atoms with Crippen LogP contribution in [0.5, 0.6) is 5.75 Å². The molecule has 7 nitrogen and oxygen atoms in total. The van der Waals surface area contributed by atoms with Crippen molar-refractivity contribution in [3.63, 3.8) is 0 Å².